The first kappa shape index (κ1) is 27.3. The molecule has 28 heavy (non-hydrogen) atoms. The van der Waals surface area contributed by atoms with Crippen molar-refractivity contribution in [3.05, 3.63) is 30.0 Å². The topological polar surface area (TPSA) is 0 Å². The molecule has 0 atom stereocenters. The van der Waals surface area contributed by atoms with E-state index in [0.717, 1.165) is 6.42 Å². The molecule has 0 radical (unpaired) electrons. The van der Waals surface area contributed by atoms with E-state index in [-0.39, 0.29) is 0 Å². The van der Waals surface area contributed by atoms with Crippen molar-refractivity contribution in [2.24, 2.45) is 5.41 Å². The van der Waals surface area contributed by atoms with Gasteiger partial charge in [-0.15, -0.1) is 5.73 Å². The standard InChI is InChI=1S/C28H52/c1-6-9-10-11-12-13-14-15-16-17-18-19-20-21-22-23-24-25-27(7-2)26-28(4,5)8-3/h24-25H,2,6,8-23,26H2,1,3-5H3/b25-24+. The number of hydrogen-bond acceptors (Lipinski definition) is 0. The zero-order valence-corrected chi connectivity index (χ0v) is 20.1. The van der Waals surface area contributed by atoms with Crippen LogP contribution < -0.4 is 0 Å². The van der Waals surface area contributed by atoms with Crippen LogP contribution in [0.1, 0.15) is 143 Å². The summed E-state index contributed by atoms with van der Waals surface area (Å²) >= 11 is 0. The van der Waals surface area contributed by atoms with Gasteiger partial charge in [-0.2, -0.15) is 0 Å². The van der Waals surface area contributed by atoms with E-state index in [1.54, 1.807) is 0 Å². The summed E-state index contributed by atoms with van der Waals surface area (Å²) in [5.41, 5.74) is 4.76. The average molecular weight is 389 g/mol. The van der Waals surface area contributed by atoms with Crippen LogP contribution in [0.15, 0.2) is 30.0 Å². The molecule has 0 unspecified atom stereocenters. The molecular weight excluding hydrogens is 336 g/mol. The van der Waals surface area contributed by atoms with Crippen molar-refractivity contribution in [1.82, 2.24) is 0 Å². The first-order valence-electron chi connectivity index (χ1n) is 12.6. The van der Waals surface area contributed by atoms with Crippen molar-refractivity contribution in [3.63, 3.8) is 0 Å². The number of rotatable bonds is 20. The minimum atomic E-state index is 0.360. The first-order chi connectivity index (χ1) is 13.6. The summed E-state index contributed by atoms with van der Waals surface area (Å²) in [6.45, 7) is 13.1. The van der Waals surface area contributed by atoms with Gasteiger partial charge in [-0.05, 0) is 30.3 Å². The van der Waals surface area contributed by atoms with E-state index >= 15 is 0 Å². The van der Waals surface area contributed by atoms with Gasteiger partial charge in [0, 0.05) is 0 Å². The van der Waals surface area contributed by atoms with Crippen LogP contribution >= 0.6 is 0 Å². The first-order valence-corrected chi connectivity index (χ1v) is 12.6. The van der Waals surface area contributed by atoms with Crippen molar-refractivity contribution in [2.45, 2.75) is 143 Å². The maximum atomic E-state index is 3.86. The van der Waals surface area contributed by atoms with Crippen LogP contribution in [0.25, 0.3) is 0 Å². The van der Waals surface area contributed by atoms with Crippen molar-refractivity contribution in [3.8, 4) is 0 Å². The highest BCUT2D eigenvalue weighted by atomic mass is 14.2. The van der Waals surface area contributed by atoms with Gasteiger partial charge in [0.1, 0.15) is 0 Å². The molecule has 0 aliphatic carbocycles. The lowest BCUT2D eigenvalue weighted by molar-refractivity contribution is 0.351. The van der Waals surface area contributed by atoms with E-state index in [0.29, 0.717) is 5.41 Å². The van der Waals surface area contributed by atoms with Gasteiger partial charge in [0.15, 0.2) is 0 Å². The minimum Gasteiger partial charge on any atom is -0.125 e. The van der Waals surface area contributed by atoms with Crippen LogP contribution in [0.4, 0.5) is 0 Å². The molecule has 0 saturated heterocycles. The van der Waals surface area contributed by atoms with Crippen LogP contribution in [0.3, 0.4) is 0 Å². The van der Waals surface area contributed by atoms with Gasteiger partial charge in [0.25, 0.3) is 0 Å². The highest BCUT2D eigenvalue weighted by Gasteiger charge is 2.15. The third kappa shape index (κ3) is 18.6. The summed E-state index contributed by atoms with van der Waals surface area (Å²) < 4.78 is 0. The highest BCUT2D eigenvalue weighted by molar-refractivity contribution is 5.18. The molecule has 0 aliphatic heterocycles. The summed E-state index contributed by atoms with van der Waals surface area (Å²) in [6.07, 6.45) is 29.6. The van der Waals surface area contributed by atoms with Gasteiger partial charge in [-0.3, -0.25) is 0 Å². The van der Waals surface area contributed by atoms with Gasteiger partial charge >= 0.3 is 0 Å². The summed E-state index contributed by atoms with van der Waals surface area (Å²) in [5.74, 6) is 0. The number of hydrogen-bond donors (Lipinski definition) is 0. The van der Waals surface area contributed by atoms with Crippen LogP contribution in [-0.2, 0) is 0 Å². The fourth-order valence-corrected chi connectivity index (χ4v) is 3.68. The molecular formula is C28H52. The molecule has 0 spiro atoms. The molecule has 0 aliphatic rings. The van der Waals surface area contributed by atoms with Crippen LogP contribution in [0.5, 0.6) is 0 Å². The molecule has 0 bridgehead atoms. The summed E-state index contributed by atoms with van der Waals surface area (Å²) in [5, 5.41) is 0. The van der Waals surface area contributed by atoms with E-state index in [9.17, 15) is 0 Å². The predicted molar refractivity (Wildman–Crippen MR) is 130 cm³/mol. The average Bonchev–Trinajstić information content (AvgIpc) is 2.69. The SMILES string of the molecule is C=C=C(/C=C/CCCCCCCCCCCCCCCCC)CC(C)(C)CC. The second-order valence-electron chi connectivity index (χ2n) is 9.54. The molecule has 0 fully saturated rings. The van der Waals surface area contributed by atoms with E-state index in [2.05, 4.69) is 52.2 Å². The molecule has 0 saturated carbocycles. The normalized spacial score (nSPS) is 11.9. The van der Waals surface area contributed by atoms with Gasteiger partial charge in [0.2, 0.25) is 0 Å². The summed E-state index contributed by atoms with van der Waals surface area (Å²) in [6, 6.07) is 0. The third-order valence-corrected chi connectivity index (χ3v) is 6.15. The Balaban J connectivity index is 3.40. The van der Waals surface area contributed by atoms with Crippen molar-refractivity contribution >= 4 is 0 Å². The Morgan fingerprint density at radius 1 is 0.714 bits per heavy atom. The Morgan fingerprint density at radius 2 is 1.14 bits per heavy atom. The zero-order chi connectivity index (χ0) is 20.9. The quantitative estimate of drug-likeness (QED) is 0.110. The predicted octanol–water partition coefficient (Wildman–Crippen LogP) is 10.3. The largest absolute Gasteiger partial charge is 0.125 e. The lowest BCUT2D eigenvalue weighted by atomic mass is 9.83. The second-order valence-corrected chi connectivity index (χ2v) is 9.54. The monoisotopic (exact) mass is 388 g/mol. The van der Waals surface area contributed by atoms with Crippen LogP contribution in [0, 0.1) is 5.41 Å². The van der Waals surface area contributed by atoms with E-state index in [4.69, 9.17) is 0 Å². The Labute approximate surface area is 179 Å². The van der Waals surface area contributed by atoms with Crippen molar-refractivity contribution in [1.29, 1.82) is 0 Å². The van der Waals surface area contributed by atoms with Crippen LogP contribution in [0.2, 0.25) is 0 Å². The van der Waals surface area contributed by atoms with E-state index in [1.165, 1.54) is 115 Å². The van der Waals surface area contributed by atoms with Crippen LogP contribution in [-0.4, -0.2) is 0 Å². The lowest BCUT2D eigenvalue weighted by Gasteiger charge is -2.22. The Kier molecular flexibility index (Phi) is 19.1. The van der Waals surface area contributed by atoms with Gasteiger partial charge < -0.3 is 0 Å². The second kappa shape index (κ2) is 19.6. The van der Waals surface area contributed by atoms with E-state index < -0.39 is 0 Å². The molecule has 164 valence electrons. The van der Waals surface area contributed by atoms with E-state index in [1.807, 2.05) is 0 Å². The smallest absolute Gasteiger partial charge is 0.00644 e. The molecule has 0 aromatic carbocycles. The summed E-state index contributed by atoms with van der Waals surface area (Å²) in [7, 11) is 0. The molecule has 0 rings (SSSR count). The maximum Gasteiger partial charge on any atom is -0.00644 e. The van der Waals surface area contributed by atoms with Gasteiger partial charge in [-0.25, -0.2) is 0 Å². The third-order valence-electron chi connectivity index (χ3n) is 6.15. The van der Waals surface area contributed by atoms with Crippen molar-refractivity contribution < 1.29 is 0 Å². The molecule has 0 N–H and O–H groups in total. The molecule has 0 aromatic rings. The zero-order valence-electron chi connectivity index (χ0n) is 20.1. The Morgan fingerprint density at radius 3 is 1.54 bits per heavy atom. The fourth-order valence-electron chi connectivity index (χ4n) is 3.68. The Hall–Kier alpha value is -0.740. The number of allylic oxidation sites excluding steroid dienone is 3. The minimum absolute atomic E-state index is 0.360. The van der Waals surface area contributed by atoms with Gasteiger partial charge in [-0.1, -0.05) is 143 Å². The lowest BCUT2D eigenvalue weighted by Crippen LogP contribution is -2.09. The Bertz CT molecular complexity index is 406. The van der Waals surface area contributed by atoms with Crippen molar-refractivity contribution in [2.75, 3.05) is 0 Å². The maximum absolute atomic E-state index is 3.86. The molecule has 0 amide bonds. The molecule has 0 heterocycles. The fraction of sp³-hybridized carbons (Fsp3) is 0.821. The summed E-state index contributed by atoms with van der Waals surface area (Å²) in [4.78, 5) is 0. The molecule has 0 nitrogen and oxygen atoms in total. The molecule has 0 aromatic heterocycles. The molecule has 0 heteroatoms. The van der Waals surface area contributed by atoms with Gasteiger partial charge in [0.05, 0.1) is 0 Å². The highest BCUT2D eigenvalue weighted by Crippen LogP contribution is 2.28. The number of unbranched alkanes of at least 4 members (excludes halogenated alkanes) is 15.